The highest BCUT2D eigenvalue weighted by molar-refractivity contribution is 7.59. The van der Waals surface area contributed by atoms with E-state index in [1.165, 1.54) is 0 Å². The normalized spacial score (nSPS) is 26.5. The SMILES string of the molecule is C=CC1CC1(CC)C(=O)OCC.C=C[C@@H]1C[C@]1(OC=O)C(=O)OCC.O=C=O.S.S. The number of ether oxygens (including phenoxy) is 3. The molecule has 0 N–H and O–H groups in total. The van der Waals surface area contributed by atoms with Crippen LogP contribution in [0, 0.1) is 17.3 Å². The van der Waals surface area contributed by atoms with Crippen LogP contribution in [0.25, 0.3) is 0 Å². The first-order chi connectivity index (χ1) is 13.3. The van der Waals surface area contributed by atoms with E-state index in [-0.39, 0.29) is 63.5 Å². The molecule has 30 heavy (non-hydrogen) atoms. The maximum absolute atomic E-state index is 11.5. The highest BCUT2D eigenvalue weighted by Crippen LogP contribution is 2.56. The Balaban J connectivity index is -0.000000406. The summed E-state index contributed by atoms with van der Waals surface area (Å²) in [6.07, 6.45) is 5.98. The lowest BCUT2D eigenvalue weighted by Crippen LogP contribution is -2.30. The molecule has 0 radical (unpaired) electrons. The Kier molecular flexibility index (Phi) is 17.1. The predicted octanol–water partition coefficient (Wildman–Crippen LogP) is 2.46. The van der Waals surface area contributed by atoms with Crippen LogP contribution >= 0.6 is 27.0 Å². The molecular weight excluding hydrogens is 432 g/mol. The Bertz CT molecular complexity index is 618. The highest BCUT2D eigenvalue weighted by Gasteiger charge is 2.63. The molecule has 0 aromatic carbocycles. The average Bonchev–Trinajstić information content (AvgIpc) is 3.57. The molecule has 2 fully saturated rings. The summed E-state index contributed by atoms with van der Waals surface area (Å²) >= 11 is 0. The van der Waals surface area contributed by atoms with E-state index < -0.39 is 11.6 Å². The van der Waals surface area contributed by atoms with Crippen LogP contribution in [-0.2, 0) is 38.2 Å². The summed E-state index contributed by atoms with van der Waals surface area (Å²) in [6.45, 7) is 13.9. The molecule has 8 nitrogen and oxygen atoms in total. The summed E-state index contributed by atoms with van der Waals surface area (Å²) in [7, 11) is 0. The van der Waals surface area contributed by atoms with E-state index in [0.29, 0.717) is 18.9 Å². The Morgan fingerprint density at radius 1 is 0.967 bits per heavy atom. The summed E-state index contributed by atoms with van der Waals surface area (Å²) in [4.78, 5) is 49.2. The molecule has 10 heteroatoms. The van der Waals surface area contributed by atoms with Crippen LogP contribution in [0.4, 0.5) is 0 Å². The summed E-state index contributed by atoms with van der Waals surface area (Å²) in [5.74, 6) is -0.275. The van der Waals surface area contributed by atoms with Crippen molar-refractivity contribution < 1.29 is 38.2 Å². The molecule has 0 bridgehead atoms. The van der Waals surface area contributed by atoms with Gasteiger partial charge in [-0.3, -0.25) is 9.59 Å². The van der Waals surface area contributed by atoms with Crippen molar-refractivity contribution in [1.82, 2.24) is 0 Å². The van der Waals surface area contributed by atoms with E-state index >= 15 is 0 Å². The fourth-order valence-electron chi connectivity index (χ4n) is 3.00. The molecule has 2 rings (SSSR count). The Labute approximate surface area is 191 Å². The van der Waals surface area contributed by atoms with Crippen LogP contribution in [0.3, 0.4) is 0 Å². The number of allylic oxidation sites excluding steroid dienone is 1. The molecule has 4 atom stereocenters. The third-order valence-electron chi connectivity index (χ3n) is 4.86. The molecule has 0 aromatic rings. The van der Waals surface area contributed by atoms with Crippen molar-refractivity contribution in [3.63, 3.8) is 0 Å². The van der Waals surface area contributed by atoms with Gasteiger partial charge in [-0.1, -0.05) is 19.1 Å². The zero-order valence-corrected chi connectivity index (χ0v) is 19.6. The van der Waals surface area contributed by atoms with Gasteiger partial charge in [0.25, 0.3) is 6.47 Å². The molecule has 2 saturated carbocycles. The van der Waals surface area contributed by atoms with Crippen LogP contribution in [0.1, 0.15) is 40.0 Å². The maximum Gasteiger partial charge on any atom is 0.373 e. The molecule has 0 heterocycles. The van der Waals surface area contributed by atoms with Gasteiger partial charge >= 0.3 is 18.1 Å². The molecule has 2 unspecified atom stereocenters. The standard InChI is InChI=1S/C10H16O2.C9H12O4.CO2.2H2S/c1-4-8-7-10(8,5-2)9(11)12-6-3;1-3-7-5-9(7,13-6-10)8(11)12-4-2;2-1-3;;/h4,8H,1,5-7H2,2-3H3;3,6-7H,1,4-5H2,2H3;;2*1H2/t;7-,9-;;;/m.1.../s1. The molecule has 0 aliphatic heterocycles. The van der Waals surface area contributed by atoms with Gasteiger partial charge in [0, 0.05) is 12.3 Å². The molecule has 2 aliphatic rings. The zero-order valence-electron chi connectivity index (χ0n) is 17.6. The fraction of sp³-hybridized carbons (Fsp3) is 0.600. The van der Waals surface area contributed by atoms with Crippen molar-refractivity contribution in [3.8, 4) is 0 Å². The quantitative estimate of drug-likeness (QED) is 0.221. The molecule has 0 saturated heterocycles. The van der Waals surface area contributed by atoms with Crippen molar-refractivity contribution in [1.29, 1.82) is 0 Å². The maximum atomic E-state index is 11.5. The molecule has 0 spiro atoms. The van der Waals surface area contributed by atoms with Crippen molar-refractivity contribution in [3.05, 3.63) is 25.3 Å². The van der Waals surface area contributed by atoms with Crippen LogP contribution in [-0.4, -0.2) is 43.4 Å². The van der Waals surface area contributed by atoms with E-state index in [1.54, 1.807) is 13.0 Å². The summed E-state index contributed by atoms with van der Waals surface area (Å²) < 4.78 is 14.5. The van der Waals surface area contributed by atoms with Crippen LogP contribution < -0.4 is 0 Å². The largest absolute Gasteiger partial charge is 0.466 e. The van der Waals surface area contributed by atoms with E-state index in [9.17, 15) is 14.4 Å². The van der Waals surface area contributed by atoms with Gasteiger partial charge in [0.1, 0.15) is 0 Å². The first-order valence-corrected chi connectivity index (χ1v) is 9.04. The van der Waals surface area contributed by atoms with Gasteiger partial charge in [-0.25, -0.2) is 4.79 Å². The monoisotopic (exact) mass is 464 g/mol. The number of carbonyl (C=O) groups is 3. The van der Waals surface area contributed by atoms with Crippen molar-refractivity contribution in [2.45, 2.75) is 45.6 Å². The minimum absolute atomic E-state index is 0. The average molecular weight is 465 g/mol. The second kappa shape index (κ2) is 15.8. The lowest BCUT2D eigenvalue weighted by Gasteiger charge is -2.12. The molecule has 172 valence electrons. The van der Waals surface area contributed by atoms with Gasteiger partial charge in [-0.05, 0) is 32.6 Å². The van der Waals surface area contributed by atoms with Crippen LogP contribution in [0.15, 0.2) is 25.3 Å². The van der Waals surface area contributed by atoms with Gasteiger partial charge < -0.3 is 14.2 Å². The zero-order chi connectivity index (χ0) is 21.8. The number of carbonyl (C=O) groups excluding carboxylic acids is 5. The molecule has 0 aromatic heterocycles. The summed E-state index contributed by atoms with van der Waals surface area (Å²) in [5, 5.41) is 0. The third kappa shape index (κ3) is 8.01. The minimum atomic E-state index is -1.07. The molecule has 2 aliphatic carbocycles. The third-order valence-corrected chi connectivity index (χ3v) is 4.86. The minimum Gasteiger partial charge on any atom is -0.466 e. The second-order valence-corrected chi connectivity index (χ2v) is 6.23. The van der Waals surface area contributed by atoms with Gasteiger partial charge in [0.15, 0.2) is 0 Å². The van der Waals surface area contributed by atoms with E-state index in [1.807, 2.05) is 19.9 Å². The van der Waals surface area contributed by atoms with E-state index in [0.717, 1.165) is 12.8 Å². The van der Waals surface area contributed by atoms with Crippen LogP contribution in [0.2, 0.25) is 0 Å². The predicted molar refractivity (Wildman–Crippen MR) is 118 cm³/mol. The second-order valence-electron chi connectivity index (χ2n) is 6.23. The first kappa shape index (κ1) is 32.6. The molecule has 0 amide bonds. The van der Waals surface area contributed by atoms with Crippen molar-refractivity contribution in [2.24, 2.45) is 17.3 Å². The lowest BCUT2D eigenvalue weighted by atomic mass is 10.0. The number of hydrogen-bond donors (Lipinski definition) is 0. The first-order valence-electron chi connectivity index (χ1n) is 9.04. The van der Waals surface area contributed by atoms with Crippen molar-refractivity contribution in [2.75, 3.05) is 13.2 Å². The van der Waals surface area contributed by atoms with Crippen molar-refractivity contribution >= 4 is 51.6 Å². The van der Waals surface area contributed by atoms with Crippen LogP contribution in [0.5, 0.6) is 0 Å². The topological polar surface area (TPSA) is 113 Å². The number of rotatable bonds is 9. The fourth-order valence-corrected chi connectivity index (χ4v) is 3.00. The van der Waals surface area contributed by atoms with Gasteiger partial charge in [0.2, 0.25) is 5.60 Å². The lowest BCUT2D eigenvalue weighted by molar-refractivity contribution is -0.191. The smallest absolute Gasteiger partial charge is 0.373 e. The van der Waals surface area contributed by atoms with E-state index in [2.05, 4.69) is 13.2 Å². The Morgan fingerprint density at radius 3 is 1.73 bits per heavy atom. The Hall–Kier alpha value is -2.03. The summed E-state index contributed by atoms with van der Waals surface area (Å²) in [6, 6.07) is 0. The van der Waals surface area contributed by atoms with E-state index in [4.69, 9.17) is 23.8 Å². The Morgan fingerprint density at radius 2 is 1.43 bits per heavy atom. The van der Waals surface area contributed by atoms with Gasteiger partial charge in [-0.2, -0.15) is 36.6 Å². The summed E-state index contributed by atoms with van der Waals surface area (Å²) in [5.41, 5.74) is -1.28. The van der Waals surface area contributed by atoms with Gasteiger partial charge in [0.05, 0.1) is 18.6 Å². The van der Waals surface area contributed by atoms with Gasteiger partial charge in [-0.15, -0.1) is 13.2 Å². The highest BCUT2D eigenvalue weighted by atomic mass is 32.1. The molecular formula is C20H32O8S2. The number of hydrogen-bond acceptors (Lipinski definition) is 8. The number of esters is 2.